The van der Waals surface area contributed by atoms with E-state index in [4.69, 9.17) is 4.98 Å². The highest BCUT2D eigenvalue weighted by atomic mass is 35.5. The van der Waals surface area contributed by atoms with Crippen molar-refractivity contribution < 1.29 is 0 Å². The molecule has 0 aromatic carbocycles. The fourth-order valence-electron chi connectivity index (χ4n) is 2.40. The second-order valence-corrected chi connectivity index (χ2v) is 6.07. The summed E-state index contributed by atoms with van der Waals surface area (Å²) in [7, 11) is 1.98. The molecule has 4 heterocycles. The van der Waals surface area contributed by atoms with Crippen molar-refractivity contribution in [3.05, 3.63) is 67.0 Å². The molecule has 0 bridgehead atoms. The Morgan fingerprint density at radius 2 is 1.92 bits per heavy atom. The first-order valence-corrected chi connectivity index (χ1v) is 8.24. The number of imidazole rings is 1. The summed E-state index contributed by atoms with van der Waals surface area (Å²) in [4.78, 5) is 20.7. The molecule has 0 N–H and O–H groups in total. The average Bonchev–Trinajstić information content (AvgIpc) is 3.35. The second-order valence-electron chi connectivity index (χ2n) is 5.12. The van der Waals surface area contributed by atoms with E-state index in [0.717, 1.165) is 21.9 Å². The first-order chi connectivity index (χ1) is 11.8. The van der Waals surface area contributed by atoms with Gasteiger partial charge in [0.2, 0.25) is 5.95 Å². The molecule has 0 amide bonds. The monoisotopic (exact) mass is 406 g/mol. The van der Waals surface area contributed by atoms with Gasteiger partial charge in [0.15, 0.2) is 0 Å². The van der Waals surface area contributed by atoms with E-state index in [9.17, 15) is 0 Å². The number of rotatable bonds is 4. The van der Waals surface area contributed by atoms with Gasteiger partial charge < -0.3 is 4.90 Å². The van der Waals surface area contributed by atoms with E-state index in [2.05, 4.69) is 21.0 Å². The summed E-state index contributed by atoms with van der Waals surface area (Å²) in [6.45, 7) is 0. The van der Waals surface area contributed by atoms with Gasteiger partial charge in [0.1, 0.15) is 12.1 Å². The molecule has 0 aliphatic rings. The zero-order valence-electron chi connectivity index (χ0n) is 13.8. The first kappa shape index (κ1) is 19.8. The van der Waals surface area contributed by atoms with E-state index < -0.39 is 0 Å². The van der Waals surface area contributed by atoms with Crippen molar-refractivity contribution in [3.8, 4) is 16.4 Å². The smallest absolute Gasteiger partial charge is 0.236 e. The molecule has 0 fully saturated rings. The summed E-state index contributed by atoms with van der Waals surface area (Å²) in [6, 6.07) is 8.01. The number of thiophene rings is 1. The minimum absolute atomic E-state index is 0. The molecule has 0 unspecified atom stereocenters. The van der Waals surface area contributed by atoms with Gasteiger partial charge in [-0.15, -0.1) is 36.2 Å². The lowest BCUT2D eigenvalue weighted by Gasteiger charge is -2.21. The third-order valence-electron chi connectivity index (χ3n) is 3.63. The number of aromatic nitrogens is 5. The van der Waals surface area contributed by atoms with Crippen LogP contribution in [0.25, 0.3) is 16.4 Å². The molecule has 4 aromatic rings. The van der Waals surface area contributed by atoms with Crippen LogP contribution < -0.4 is 4.90 Å². The van der Waals surface area contributed by atoms with E-state index in [-0.39, 0.29) is 24.8 Å². The van der Waals surface area contributed by atoms with E-state index in [1.165, 1.54) is 0 Å². The fourth-order valence-corrected chi connectivity index (χ4v) is 3.13. The van der Waals surface area contributed by atoms with Crippen LogP contribution in [-0.4, -0.2) is 31.6 Å². The van der Waals surface area contributed by atoms with E-state index in [1.54, 1.807) is 34.6 Å². The molecular formula is C17H16Cl2N6S. The van der Waals surface area contributed by atoms with Crippen LogP contribution in [0.2, 0.25) is 0 Å². The predicted octanol–water partition coefficient (Wildman–Crippen LogP) is 4.40. The highest BCUT2D eigenvalue weighted by molar-refractivity contribution is 7.13. The normalized spacial score (nSPS) is 9.88. The quantitative estimate of drug-likeness (QED) is 0.502. The molecule has 0 radical (unpaired) electrons. The average molecular weight is 407 g/mol. The zero-order chi connectivity index (χ0) is 16.4. The fraction of sp³-hybridized carbons (Fsp3) is 0.0588. The van der Waals surface area contributed by atoms with E-state index >= 15 is 0 Å². The molecule has 0 saturated heterocycles. The Bertz CT molecular complexity index is 929. The van der Waals surface area contributed by atoms with Gasteiger partial charge in [-0.05, 0) is 23.6 Å². The summed E-state index contributed by atoms with van der Waals surface area (Å²) in [5.41, 5.74) is 1.95. The number of hydrogen-bond acceptors (Lipinski definition) is 6. The van der Waals surface area contributed by atoms with Crippen LogP contribution in [0.5, 0.6) is 0 Å². The van der Waals surface area contributed by atoms with Gasteiger partial charge in [-0.1, -0.05) is 6.07 Å². The molecule has 0 aliphatic heterocycles. The summed E-state index contributed by atoms with van der Waals surface area (Å²) in [5, 5.41) is 2.05. The highest BCUT2D eigenvalue weighted by Gasteiger charge is 2.16. The van der Waals surface area contributed by atoms with Gasteiger partial charge in [-0.3, -0.25) is 9.55 Å². The number of halogens is 2. The summed E-state index contributed by atoms with van der Waals surface area (Å²) in [5.74, 6) is 1.41. The predicted molar refractivity (Wildman–Crippen MR) is 109 cm³/mol. The van der Waals surface area contributed by atoms with Gasteiger partial charge >= 0.3 is 0 Å². The lowest BCUT2D eigenvalue weighted by atomic mass is 10.2. The lowest BCUT2D eigenvalue weighted by molar-refractivity contribution is 0.917. The third kappa shape index (κ3) is 3.85. The number of pyridine rings is 1. The molecule has 9 heteroatoms. The first-order valence-electron chi connectivity index (χ1n) is 7.36. The minimum atomic E-state index is 0. The standard InChI is InChI=1S/C17H14N6S.2ClH/c1-22(13-4-2-6-18-10-13)16-14(15-5-3-9-24-15)11-20-17(21-16)23-8-7-19-12-23;;/h2-12H,1H3;2*1H. The summed E-state index contributed by atoms with van der Waals surface area (Å²) < 4.78 is 1.79. The van der Waals surface area contributed by atoms with Gasteiger partial charge in [-0.25, -0.2) is 9.97 Å². The van der Waals surface area contributed by atoms with Gasteiger partial charge in [0.05, 0.1) is 17.4 Å². The zero-order valence-corrected chi connectivity index (χ0v) is 16.2. The van der Waals surface area contributed by atoms with Crippen LogP contribution in [0.4, 0.5) is 11.5 Å². The molecule has 0 aliphatic carbocycles. The maximum absolute atomic E-state index is 4.76. The Morgan fingerprint density at radius 3 is 2.58 bits per heavy atom. The molecule has 4 rings (SSSR count). The molecule has 26 heavy (non-hydrogen) atoms. The van der Waals surface area contributed by atoms with E-state index in [1.807, 2.05) is 54.1 Å². The number of anilines is 2. The van der Waals surface area contributed by atoms with Crippen LogP contribution >= 0.6 is 36.2 Å². The van der Waals surface area contributed by atoms with Crippen molar-refractivity contribution in [1.29, 1.82) is 0 Å². The van der Waals surface area contributed by atoms with Crippen LogP contribution in [0.3, 0.4) is 0 Å². The van der Waals surface area contributed by atoms with Gasteiger partial charge in [0, 0.05) is 36.7 Å². The second kappa shape index (κ2) is 8.75. The molecule has 0 saturated carbocycles. The molecule has 134 valence electrons. The Morgan fingerprint density at radius 1 is 1.04 bits per heavy atom. The lowest BCUT2D eigenvalue weighted by Crippen LogP contribution is -2.14. The highest BCUT2D eigenvalue weighted by Crippen LogP contribution is 2.34. The SMILES string of the molecule is CN(c1cccnc1)c1nc(-n2ccnc2)ncc1-c1cccs1.Cl.Cl. The van der Waals surface area contributed by atoms with Crippen molar-refractivity contribution in [2.45, 2.75) is 0 Å². The third-order valence-corrected chi connectivity index (χ3v) is 4.53. The van der Waals surface area contributed by atoms with Gasteiger partial charge in [-0.2, -0.15) is 4.98 Å². The largest absolute Gasteiger partial charge is 0.327 e. The van der Waals surface area contributed by atoms with Crippen LogP contribution in [0.1, 0.15) is 0 Å². The van der Waals surface area contributed by atoms with Crippen molar-refractivity contribution in [2.75, 3.05) is 11.9 Å². The van der Waals surface area contributed by atoms with Gasteiger partial charge in [0.25, 0.3) is 0 Å². The van der Waals surface area contributed by atoms with Crippen molar-refractivity contribution >= 4 is 47.7 Å². The van der Waals surface area contributed by atoms with E-state index in [0.29, 0.717) is 5.95 Å². The molecule has 4 aromatic heterocycles. The molecule has 6 nitrogen and oxygen atoms in total. The molecule has 0 spiro atoms. The van der Waals surface area contributed by atoms with Crippen molar-refractivity contribution in [1.82, 2.24) is 24.5 Å². The number of nitrogens with zero attached hydrogens (tertiary/aromatic N) is 6. The maximum atomic E-state index is 4.76. The van der Waals surface area contributed by atoms with Crippen LogP contribution in [-0.2, 0) is 0 Å². The van der Waals surface area contributed by atoms with Crippen molar-refractivity contribution in [2.24, 2.45) is 0 Å². The van der Waals surface area contributed by atoms with Crippen LogP contribution in [0, 0.1) is 0 Å². The Balaban J connectivity index is 0.00000121. The maximum Gasteiger partial charge on any atom is 0.236 e. The Hall–Kier alpha value is -2.48. The van der Waals surface area contributed by atoms with Crippen LogP contribution in [0.15, 0.2) is 67.0 Å². The Kier molecular flexibility index (Phi) is 6.68. The Labute approximate surface area is 167 Å². The summed E-state index contributed by atoms with van der Waals surface area (Å²) >= 11 is 1.66. The molecular weight excluding hydrogens is 391 g/mol. The molecule has 0 atom stereocenters. The topological polar surface area (TPSA) is 59.7 Å². The van der Waals surface area contributed by atoms with Crippen molar-refractivity contribution in [3.63, 3.8) is 0 Å². The minimum Gasteiger partial charge on any atom is -0.327 e. The summed E-state index contributed by atoms with van der Waals surface area (Å²) in [6.07, 6.45) is 10.7. The number of hydrogen-bond donors (Lipinski definition) is 0.